The van der Waals surface area contributed by atoms with E-state index in [-0.39, 0.29) is 36.5 Å². The van der Waals surface area contributed by atoms with Crippen LogP contribution in [0.1, 0.15) is 50.6 Å². The fourth-order valence-corrected chi connectivity index (χ4v) is 6.46. The molecule has 0 spiro atoms. The Morgan fingerprint density at radius 1 is 0.800 bits per heavy atom. The normalized spacial score (nSPS) is 16.6. The number of hydrogen-bond donors (Lipinski definition) is 2. The molecule has 0 aromatic heterocycles. The van der Waals surface area contributed by atoms with Crippen molar-refractivity contribution in [3.05, 3.63) is 89.0 Å². The first-order valence-corrected chi connectivity index (χ1v) is 16.7. The number of imide groups is 2. The lowest BCUT2D eigenvalue weighted by molar-refractivity contribution is -0.136. The standard InChI is InChI=1S/C37H40N4O9/c1-40(37(46)50-23-29-26-9-4-2-7-24(26)25-8-3-5-10-27(25)29)16-18-48-20-22-49-21-19-47-17-15-38-30-12-6-11-28-33(30)36(45)41(35(28)44)31-13-14-32(42)39-34(31)43/h2-12,29,31,38H,13-23H2,1H3,(H,39,42,43). The summed E-state index contributed by atoms with van der Waals surface area (Å²) in [7, 11) is 1.68. The van der Waals surface area contributed by atoms with Crippen molar-refractivity contribution in [1.82, 2.24) is 15.1 Å². The van der Waals surface area contributed by atoms with Gasteiger partial charge in [-0.05, 0) is 40.8 Å². The molecule has 3 aromatic rings. The fraction of sp³-hybridized carbons (Fsp3) is 0.378. The molecule has 0 bridgehead atoms. The summed E-state index contributed by atoms with van der Waals surface area (Å²) in [6.07, 6.45) is -0.238. The average molecular weight is 685 g/mol. The summed E-state index contributed by atoms with van der Waals surface area (Å²) in [6, 6.07) is 20.3. The summed E-state index contributed by atoms with van der Waals surface area (Å²) < 4.78 is 22.5. The number of rotatable bonds is 16. The molecule has 1 unspecified atom stereocenters. The number of carbonyl (C=O) groups excluding carboxylic acids is 5. The van der Waals surface area contributed by atoms with Crippen LogP contribution in [-0.2, 0) is 28.5 Å². The van der Waals surface area contributed by atoms with Gasteiger partial charge >= 0.3 is 6.09 Å². The highest BCUT2D eigenvalue weighted by Crippen LogP contribution is 2.44. The molecular weight excluding hydrogens is 644 g/mol. The van der Waals surface area contributed by atoms with E-state index in [1.807, 2.05) is 24.3 Å². The van der Waals surface area contributed by atoms with E-state index in [0.717, 1.165) is 4.90 Å². The predicted octanol–water partition coefficient (Wildman–Crippen LogP) is 3.43. The third kappa shape index (κ3) is 7.54. The fourth-order valence-electron chi connectivity index (χ4n) is 6.46. The Bertz CT molecular complexity index is 1720. The Labute approximate surface area is 289 Å². The van der Waals surface area contributed by atoms with Crippen molar-refractivity contribution < 1.29 is 42.9 Å². The van der Waals surface area contributed by atoms with Gasteiger partial charge in [0, 0.05) is 38.2 Å². The van der Waals surface area contributed by atoms with Crippen LogP contribution >= 0.6 is 0 Å². The first-order chi connectivity index (χ1) is 24.3. The monoisotopic (exact) mass is 684 g/mol. The van der Waals surface area contributed by atoms with Crippen LogP contribution in [0.3, 0.4) is 0 Å². The van der Waals surface area contributed by atoms with E-state index < -0.39 is 35.8 Å². The highest BCUT2D eigenvalue weighted by atomic mass is 16.6. The maximum absolute atomic E-state index is 13.2. The molecular formula is C37H40N4O9. The van der Waals surface area contributed by atoms with E-state index in [1.54, 1.807) is 25.2 Å². The molecule has 1 fully saturated rings. The summed E-state index contributed by atoms with van der Waals surface area (Å²) in [6.45, 7) is 3.12. The van der Waals surface area contributed by atoms with Crippen LogP contribution in [0.25, 0.3) is 11.1 Å². The van der Waals surface area contributed by atoms with E-state index in [2.05, 4.69) is 34.9 Å². The van der Waals surface area contributed by atoms with Crippen LogP contribution in [-0.4, -0.2) is 112 Å². The quantitative estimate of drug-likeness (QED) is 0.170. The Kier molecular flexibility index (Phi) is 11.2. The number of nitrogens with zero attached hydrogens (tertiary/aromatic N) is 2. The summed E-state index contributed by atoms with van der Waals surface area (Å²) in [5.74, 6) is -2.18. The SMILES string of the molecule is CN(CCOCCOCCOCCNc1cccc2c1C(=O)N(C1CCC(=O)NC1=O)C2=O)C(=O)OCC1c2ccccc2-c2ccccc21. The maximum atomic E-state index is 13.2. The molecule has 13 nitrogen and oxygen atoms in total. The molecule has 5 amide bonds. The summed E-state index contributed by atoms with van der Waals surface area (Å²) >= 11 is 0. The van der Waals surface area contributed by atoms with Crippen LogP contribution in [0.4, 0.5) is 10.5 Å². The van der Waals surface area contributed by atoms with Crippen LogP contribution in [0.15, 0.2) is 66.7 Å². The third-order valence-electron chi connectivity index (χ3n) is 8.99. The number of ether oxygens (including phenoxy) is 4. The lowest BCUT2D eigenvalue weighted by Crippen LogP contribution is -2.54. The molecule has 2 N–H and O–H groups in total. The lowest BCUT2D eigenvalue weighted by atomic mass is 9.98. The molecule has 13 heteroatoms. The highest BCUT2D eigenvalue weighted by Gasteiger charge is 2.45. The van der Waals surface area contributed by atoms with Crippen molar-refractivity contribution in [3.8, 4) is 11.1 Å². The second kappa shape index (κ2) is 16.1. The summed E-state index contributed by atoms with van der Waals surface area (Å²) in [4.78, 5) is 65.1. The first kappa shape index (κ1) is 34.7. The molecule has 262 valence electrons. The zero-order chi connectivity index (χ0) is 35.0. The number of nitrogens with one attached hydrogen (secondary N) is 2. The molecule has 2 heterocycles. The number of amides is 5. The van der Waals surface area contributed by atoms with Gasteiger partial charge in [0.2, 0.25) is 11.8 Å². The molecule has 6 rings (SSSR count). The van der Waals surface area contributed by atoms with Gasteiger partial charge in [-0.2, -0.15) is 0 Å². The Morgan fingerprint density at radius 2 is 1.42 bits per heavy atom. The zero-order valence-electron chi connectivity index (χ0n) is 27.9. The van der Waals surface area contributed by atoms with Gasteiger partial charge in [0.05, 0.1) is 50.8 Å². The van der Waals surface area contributed by atoms with Gasteiger partial charge in [-0.3, -0.25) is 29.4 Å². The maximum Gasteiger partial charge on any atom is 0.409 e. The molecule has 0 radical (unpaired) electrons. The van der Waals surface area contributed by atoms with Crippen LogP contribution < -0.4 is 10.6 Å². The molecule has 1 aliphatic carbocycles. The predicted molar refractivity (Wildman–Crippen MR) is 182 cm³/mol. The van der Waals surface area contributed by atoms with E-state index in [1.165, 1.54) is 27.2 Å². The largest absolute Gasteiger partial charge is 0.448 e. The minimum absolute atomic E-state index is 0.00973. The number of benzene rings is 3. The van der Waals surface area contributed by atoms with E-state index >= 15 is 0 Å². The van der Waals surface area contributed by atoms with Gasteiger partial charge in [0.25, 0.3) is 11.8 Å². The number of piperidine rings is 1. The number of carbonyl (C=O) groups is 5. The van der Waals surface area contributed by atoms with Crippen LogP contribution in [0.2, 0.25) is 0 Å². The summed E-state index contributed by atoms with van der Waals surface area (Å²) in [5, 5.41) is 5.33. The zero-order valence-corrected chi connectivity index (χ0v) is 27.9. The highest BCUT2D eigenvalue weighted by molar-refractivity contribution is 6.25. The minimum atomic E-state index is -1.02. The topological polar surface area (TPSA) is 153 Å². The lowest BCUT2D eigenvalue weighted by Gasteiger charge is -2.27. The molecule has 3 aromatic carbocycles. The van der Waals surface area contributed by atoms with Crippen molar-refractivity contribution in [3.63, 3.8) is 0 Å². The molecule has 1 atom stereocenters. The molecule has 50 heavy (non-hydrogen) atoms. The van der Waals surface area contributed by atoms with E-state index in [0.29, 0.717) is 58.4 Å². The Hall–Kier alpha value is -5.11. The van der Waals surface area contributed by atoms with Gasteiger partial charge in [-0.25, -0.2) is 4.79 Å². The second-order valence-corrected chi connectivity index (χ2v) is 12.2. The molecule has 3 aliphatic rings. The van der Waals surface area contributed by atoms with Crippen molar-refractivity contribution in [2.75, 3.05) is 71.7 Å². The van der Waals surface area contributed by atoms with Crippen molar-refractivity contribution >= 4 is 35.4 Å². The Morgan fingerprint density at radius 3 is 2.10 bits per heavy atom. The first-order valence-electron chi connectivity index (χ1n) is 16.7. The average Bonchev–Trinajstić information content (AvgIpc) is 3.58. The second-order valence-electron chi connectivity index (χ2n) is 12.2. The number of hydrogen-bond acceptors (Lipinski definition) is 10. The van der Waals surface area contributed by atoms with Gasteiger partial charge in [0.1, 0.15) is 12.6 Å². The number of likely N-dealkylation sites (N-methyl/N-ethyl adjacent to an activating group) is 1. The van der Waals surface area contributed by atoms with E-state index in [4.69, 9.17) is 18.9 Å². The van der Waals surface area contributed by atoms with Gasteiger partial charge < -0.3 is 29.2 Å². The smallest absolute Gasteiger partial charge is 0.409 e. The van der Waals surface area contributed by atoms with Crippen LogP contribution in [0, 0.1) is 0 Å². The van der Waals surface area contributed by atoms with Crippen molar-refractivity contribution in [1.29, 1.82) is 0 Å². The molecule has 0 saturated carbocycles. The van der Waals surface area contributed by atoms with Gasteiger partial charge in [-0.15, -0.1) is 0 Å². The van der Waals surface area contributed by atoms with Crippen LogP contribution in [0.5, 0.6) is 0 Å². The van der Waals surface area contributed by atoms with Crippen molar-refractivity contribution in [2.24, 2.45) is 0 Å². The minimum Gasteiger partial charge on any atom is -0.448 e. The van der Waals surface area contributed by atoms with Crippen molar-refractivity contribution in [2.45, 2.75) is 24.8 Å². The van der Waals surface area contributed by atoms with Gasteiger partial charge in [-0.1, -0.05) is 54.6 Å². The third-order valence-corrected chi connectivity index (χ3v) is 8.99. The summed E-state index contributed by atoms with van der Waals surface area (Å²) in [5.41, 5.74) is 5.59. The van der Waals surface area contributed by atoms with Gasteiger partial charge in [0.15, 0.2) is 0 Å². The van der Waals surface area contributed by atoms with E-state index in [9.17, 15) is 24.0 Å². The molecule has 1 saturated heterocycles. The number of anilines is 1. The molecule has 2 aliphatic heterocycles. The number of fused-ring (bicyclic) bond motifs is 4. The Balaban J connectivity index is 0.813.